The lowest BCUT2D eigenvalue weighted by Gasteiger charge is -2.21. The molecule has 3 aliphatic rings. The van der Waals surface area contributed by atoms with E-state index in [1.54, 1.807) is 12.1 Å². The van der Waals surface area contributed by atoms with Crippen LogP contribution in [0.25, 0.3) is 11.3 Å². The number of rotatable bonds is 10. The molecule has 11 heteroatoms. The van der Waals surface area contributed by atoms with E-state index in [0.717, 1.165) is 56.2 Å². The van der Waals surface area contributed by atoms with Crippen LogP contribution >= 0.6 is 35.0 Å². The van der Waals surface area contributed by atoms with Crippen LogP contribution < -0.4 is 0 Å². The van der Waals surface area contributed by atoms with Crippen LogP contribution in [-0.2, 0) is 11.3 Å². The summed E-state index contributed by atoms with van der Waals surface area (Å²) in [7, 11) is 0. The maximum Gasteiger partial charge on any atom is 0.335 e. The molecular formula is C29H28Cl2FN3O4S. The first-order valence-corrected chi connectivity index (χ1v) is 15.0. The second kappa shape index (κ2) is 11.4. The van der Waals surface area contributed by atoms with Gasteiger partial charge in [-0.3, -0.25) is 9.89 Å². The van der Waals surface area contributed by atoms with Crippen LogP contribution in [0.4, 0.5) is 10.1 Å². The maximum absolute atomic E-state index is 14.4. The third-order valence-electron chi connectivity index (χ3n) is 8.11. The predicted molar refractivity (Wildman–Crippen MR) is 154 cm³/mol. The average molecular weight is 605 g/mol. The lowest BCUT2D eigenvalue weighted by molar-refractivity contribution is 0.0131. The molecule has 7 nitrogen and oxygen atoms in total. The van der Waals surface area contributed by atoms with Gasteiger partial charge in [-0.2, -0.15) is 0 Å². The molecule has 1 N–H and O–H groups in total. The monoisotopic (exact) mass is 603 g/mol. The van der Waals surface area contributed by atoms with Gasteiger partial charge in [0.1, 0.15) is 17.1 Å². The van der Waals surface area contributed by atoms with Crippen molar-refractivity contribution in [1.82, 2.24) is 10.1 Å². The molecule has 6 rings (SSSR count). The number of halogens is 3. The van der Waals surface area contributed by atoms with Gasteiger partial charge in [-0.05, 0) is 62.6 Å². The van der Waals surface area contributed by atoms with Crippen LogP contribution in [0.5, 0.6) is 0 Å². The minimum atomic E-state index is -1.18. The maximum atomic E-state index is 14.4. The number of thioether (sulfide) groups is 1. The number of likely N-dealkylation sites (tertiary alicyclic amines) is 1. The summed E-state index contributed by atoms with van der Waals surface area (Å²) in [5.74, 6) is 0.843. The molecule has 210 valence electrons. The van der Waals surface area contributed by atoms with Crippen molar-refractivity contribution in [3.8, 4) is 11.3 Å². The molecule has 1 aromatic heterocycles. The average Bonchev–Trinajstić information content (AvgIpc) is 3.39. The van der Waals surface area contributed by atoms with Crippen LogP contribution in [0.15, 0.2) is 44.7 Å². The van der Waals surface area contributed by atoms with E-state index in [4.69, 9.17) is 32.5 Å². The molecule has 0 radical (unpaired) electrons. The highest BCUT2D eigenvalue weighted by atomic mass is 35.5. The van der Waals surface area contributed by atoms with Crippen molar-refractivity contribution >= 4 is 53.3 Å². The second-order valence-corrected chi connectivity index (χ2v) is 12.5. The van der Waals surface area contributed by atoms with Crippen molar-refractivity contribution in [2.45, 2.75) is 49.2 Å². The van der Waals surface area contributed by atoms with E-state index in [-0.39, 0.29) is 17.4 Å². The lowest BCUT2D eigenvalue weighted by Crippen LogP contribution is -2.26. The summed E-state index contributed by atoms with van der Waals surface area (Å²) in [5.41, 5.74) is 2.24. The minimum absolute atomic E-state index is 0.0882. The number of carboxylic acid groups (broad SMARTS) is 1. The van der Waals surface area contributed by atoms with E-state index < -0.39 is 11.8 Å². The van der Waals surface area contributed by atoms with Crippen molar-refractivity contribution in [3.05, 3.63) is 63.1 Å². The summed E-state index contributed by atoms with van der Waals surface area (Å²) < 4.78 is 26.8. The van der Waals surface area contributed by atoms with Crippen molar-refractivity contribution < 1.29 is 23.6 Å². The number of aliphatic imine (C=N–C) groups is 1. The van der Waals surface area contributed by atoms with Gasteiger partial charge in [0.05, 0.1) is 28.3 Å². The van der Waals surface area contributed by atoms with E-state index in [9.17, 15) is 14.3 Å². The molecule has 1 saturated heterocycles. The zero-order chi connectivity index (χ0) is 28.0. The first-order chi connectivity index (χ1) is 19.3. The molecule has 0 spiro atoms. The Morgan fingerprint density at radius 3 is 2.70 bits per heavy atom. The van der Waals surface area contributed by atoms with Gasteiger partial charge in [-0.15, -0.1) is 11.8 Å². The quantitative estimate of drug-likeness (QED) is 0.188. The number of aromatic nitrogens is 1. The lowest BCUT2D eigenvalue weighted by atomic mass is 9.99. The first kappa shape index (κ1) is 27.7. The fraction of sp³-hybridized carbons (Fsp3) is 0.414. The fourth-order valence-electron chi connectivity index (χ4n) is 5.98. The molecule has 3 aromatic rings. The highest BCUT2D eigenvalue weighted by molar-refractivity contribution is 7.99. The van der Waals surface area contributed by atoms with E-state index in [0.29, 0.717) is 56.4 Å². The number of aromatic carboxylic acids is 1. The number of carboxylic acids is 1. The Balaban J connectivity index is 1.13. The smallest absolute Gasteiger partial charge is 0.335 e. The third-order valence-corrected chi connectivity index (χ3v) is 9.86. The molecule has 2 heterocycles. The first-order valence-electron chi connectivity index (χ1n) is 13.3. The highest BCUT2D eigenvalue weighted by Crippen LogP contribution is 2.47. The van der Waals surface area contributed by atoms with Crippen LogP contribution in [0, 0.1) is 17.7 Å². The number of hydrogen-bond donors (Lipinski definition) is 1. The number of benzene rings is 2. The van der Waals surface area contributed by atoms with E-state index >= 15 is 0 Å². The van der Waals surface area contributed by atoms with Gasteiger partial charge < -0.3 is 14.4 Å². The Labute approximate surface area is 245 Å². The number of hydrogen-bond acceptors (Lipinski definition) is 7. The molecule has 3 fully saturated rings. The third kappa shape index (κ3) is 5.42. The highest BCUT2D eigenvalue weighted by Gasteiger charge is 2.43. The zero-order valence-corrected chi connectivity index (χ0v) is 23.9. The normalized spacial score (nSPS) is 22.5. The standard InChI is InChI=1S/C29H28Cl2FN3O4S/c1-33-27-22(32)9-17(29(36)37)10-24(27)40-14-35-11-16-7-8-23(18(16)12-35)38-13-19-26(34-39-28(19)15-5-6-15)25-20(30)3-2-4-21(25)31/h2-4,9-10,15-16,18,23H,1,5-8,11-14H2,(H,36,37). The second-order valence-electron chi connectivity index (χ2n) is 10.7. The SMILES string of the molecule is C=Nc1c(F)cc(C(=O)O)cc1SCN1CC2CCC(OCc3c(-c4c(Cl)cccc4Cl)noc3C3CC3)C2C1. The topological polar surface area (TPSA) is 88.2 Å². The van der Waals surface area contributed by atoms with Gasteiger partial charge in [-0.25, -0.2) is 9.18 Å². The van der Waals surface area contributed by atoms with Crippen molar-refractivity contribution in [2.75, 3.05) is 19.0 Å². The Hall–Kier alpha value is -2.43. The molecule has 3 atom stereocenters. The number of ether oxygens (including phenoxy) is 1. The van der Waals surface area contributed by atoms with Gasteiger partial charge in [0, 0.05) is 46.8 Å². The summed E-state index contributed by atoms with van der Waals surface area (Å²) >= 11 is 14.4. The Morgan fingerprint density at radius 2 is 2.00 bits per heavy atom. The van der Waals surface area contributed by atoms with Crippen LogP contribution in [-0.4, -0.2) is 52.9 Å². The number of fused-ring (bicyclic) bond motifs is 1. The molecule has 2 aromatic carbocycles. The van der Waals surface area contributed by atoms with E-state index in [1.165, 1.54) is 17.8 Å². The molecular weight excluding hydrogens is 576 g/mol. The molecule has 2 saturated carbocycles. The molecule has 1 aliphatic heterocycles. The summed E-state index contributed by atoms with van der Waals surface area (Å²) in [4.78, 5) is 18.0. The number of carbonyl (C=O) groups is 1. The number of nitrogens with zero attached hydrogens (tertiary/aromatic N) is 3. The summed E-state index contributed by atoms with van der Waals surface area (Å²) in [5, 5.41) is 14.7. The van der Waals surface area contributed by atoms with Gasteiger partial charge in [0.25, 0.3) is 0 Å². The molecule has 0 amide bonds. The Bertz CT molecular complexity index is 1440. The van der Waals surface area contributed by atoms with Crippen LogP contribution in [0.1, 0.15) is 53.3 Å². The molecule has 0 bridgehead atoms. The van der Waals surface area contributed by atoms with Crippen molar-refractivity contribution in [1.29, 1.82) is 0 Å². The largest absolute Gasteiger partial charge is 0.478 e. The summed E-state index contributed by atoms with van der Waals surface area (Å²) in [6.45, 7) is 5.60. The van der Waals surface area contributed by atoms with Gasteiger partial charge in [0.2, 0.25) is 0 Å². The van der Waals surface area contributed by atoms with Crippen molar-refractivity contribution in [3.63, 3.8) is 0 Å². The van der Waals surface area contributed by atoms with Crippen LogP contribution in [0.2, 0.25) is 10.0 Å². The Morgan fingerprint density at radius 1 is 1.23 bits per heavy atom. The predicted octanol–water partition coefficient (Wildman–Crippen LogP) is 7.67. The molecule has 40 heavy (non-hydrogen) atoms. The fourth-order valence-corrected chi connectivity index (χ4v) is 7.60. The van der Waals surface area contributed by atoms with Gasteiger partial charge in [-0.1, -0.05) is 34.4 Å². The summed E-state index contributed by atoms with van der Waals surface area (Å²) in [6, 6.07) is 7.84. The van der Waals surface area contributed by atoms with Crippen molar-refractivity contribution in [2.24, 2.45) is 16.8 Å². The summed E-state index contributed by atoms with van der Waals surface area (Å²) in [6.07, 6.45) is 4.29. The minimum Gasteiger partial charge on any atom is -0.478 e. The van der Waals surface area contributed by atoms with E-state index in [2.05, 4.69) is 21.8 Å². The van der Waals surface area contributed by atoms with Crippen LogP contribution in [0.3, 0.4) is 0 Å². The zero-order valence-electron chi connectivity index (χ0n) is 21.6. The molecule has 3 unspecified atom stereocenters. The van der Waals surface area contributed by atoms with Gasteiger partial charge in [0.15, 0.2) is 5.82 Å². The van der Waals surface area contributed by atoms with Gasteiger partial charge >= 0.3 is 5.97 Å². The Kier molecular flexibility index (Phi) is 7.94. The van der Waals surface area contributed by atoms with E-state index in [1.807, 2.05) is 6.07 Å². The molecule has 2 aliphatic carbocycles.